The minimum Gasteiger partial charge on any atom is -0.361 e. The van der Waals surface area contributed by atoms with Crippen molar-refractivity contribution in [1.29, 1.82) is 0 Å². The second kappa shape index (κ2) is 3.35. The number of hydrogen-bond donors (Lipinski definition) is 1. The van der Waals surface area contributed by atoms with Crippen LogP contribution in [-0.4, -0.2) is 11.2 Å². The van der Waals surface area contributed by atoms with Crippen LogP contribution in [0.3, 0.4) is 0 Å². The normalized spacial score (nSPS) is 39.5. The van der Waals surface area contributed by atoms with Crippen LogP contribution in [0.15, 0.2) is 10.7 Å². The Hall–Kier alpha value is -0.830. The van der Waals surface area contributed by atoms with E-state index in [9.17, 15) is 0 Å². The van der Waals surface area contributed by atoms with E-state index in [1.807, 2.05) is 6.20 Å². The first-order valence-electron chi connectivity index (χ1n) is 6.63. The molecule has 0 amide bonds. The summed E-state index contributed by atoms with van der Waals surface area (Å²) in [6.07, 6.45) is 6.47. The van der Waals surface area contributed by atoms with Crippen LogP contribution in [0.2, 0.25) is 0 Å². The molecule has 2 aliphatic carbocycles. The van der Waals surface area contributed by atoms with Crippen LogP contribution in [0.4, 0.5) is 0 Å². The van der Waals surface area contributed by atoms with Gasteiger partial charge in [0.05, 0.1) is 6.20 Å². The zero-order chi connectivity index (χ0) is 12.3. The molecule has 2 N–H and O–H groups in total. The first-order valence-corrected chi connectivity index (χ1v) is 6.63. The van der Waals surface area contributed by atoms with E-state index >= 15 is 0 Å². The number of nitrogens with two attached hydrogens (primary N) is 1. The van der Waals surface area contributed by atoms with Gasteiger partial charge in [-0.15, -0.1) is 0 Å². The van der Waals surface area contributed by atoms with Crippen molar-refractivity contribution in [3.8, 4) is 0 Å². The van der Waals surface area contributed by atoms with Gasteiger partial charge in [0.15, 0.2) is 0 Å². The lowest BCUT2D eigenvalue weighted by Crippen LogP contribution is -2.51. The first kappa shape index (κ1) is 11.3. The fourth-order valence-corrected chi connectivity index (χ4v) is 4.51. The Labute approximate surface area is 103 Å². The predicted octanol–water partition coefficient (Wildman–Crippen LogP) is 2.64. The van der Waals surface area contributed by atoms with Crippen LogP contribution < -0.4 is 5.73 Å². The van der Waals surface area contributed by atoms with Gasteiger partial charge in [-0.1, -0.05) is 25.9 Å². The van der Waals surface area contributed by atoms with E-state index in [1.165, 1.54) is 12.0 Å². The maximum absolute atomic E-state index is 6.17. The van der Waals surface area contributed by atoms with E-state index in [2.05, 4.69) is 25.9 Å². The molecule has 1 fully saturated rings. The Bertz CT molecular complexity index is 437. The molecular weight excluding hydrogens is 212 g/mol. The van der Waals surface area contributed by atoms with Gasteiger partial charge in [-0.25, -0.2) is 0 Å². The molecule has 0 spiro atoms. The smallest absolute Gasteiger partial charge is 0.145 e. The van der Waals surface area contributed by atoms with E-state index in [-0.39, 0.29) is 5.41 Å². The monoisotopic (exact) mass is 234 g/mol. The predicted molar refractivity (Wildman–Crippen MR) is 66.7 cm³/mol. The Morgan fingerprint density at radius 2 is 2.12 bits per heavy atom. The average Bonchev–Trinajstić information content (AvgIpc) is 2.64. The zero-order valence-corrected chi connectivity index (χ0v) is 11.0. The molecule has 1 aromatic rings. The quantitative estimate of drug-likeness (QED) is 0.750. The zero-order valence-electron chi connectivity index (χ0n) is 11.0. The molecule has 0 radical (unpaired) electrons. The highest BCUT2D eigenvalue weighted by molar-refractivity contribution is 5.30. The third-order valence-electron chi connectivity index (χ3n) is 5.09. The number of rotatable bonds is 0. The SMILES string of the molecule is CC1(C)c2oncc2C[C@]2(C)CC(N)CC[C@@H]12. The average molecular weight is 234 g/mol. The fraction of sp³-hybridized carbons (Fsp3) is 0.786. The molecular formula is C14H22N2O. The van der Waals surface area contributed by atoms with Crippen molar-refractivity contribution >= 4 is 0 Å². The number of fused-ring (bicyclic) bond motifs is 2. The van der Waals surface area contributed by atoms with Crippen LogP contribution in [0.1, 0.15) is 51.4 Å². The highest BCUT2D eigenvalue weighted by Gasteiger charge is 2.53. The molecule has 1 unspecified atom stereocenters. The van der Waals surface area contributed by atoms with Crippen LogP contribution in [0.25, 0.3) is 0 Å². The molecule has 3 rings (SSSR count). The minimum absolute atomic E-state index is 0.0962. The summed E-state index contributed by atoms with van der Waals surface area (Å²) in [5.41, 5.74) is 7.88. The maximum atomic E-state index is 6.17. The van der Waals surface area contributed by atoms with Crippen LogP contribution in [0.5, 0.6) is 0 Å². The van der Waals surface area contributed by atoms with Gasteiger partial charge in [0, 0.05) is 17.0 Å². The van der Waals surface area contributed by atoms with Crippen molar-refractivity contribution < 1.29 is 4.52 Å². The van der Waals surface area contributed by atoms with Crippen molar-refractivity contribution in [3.63, 3.8) is 0 Å². The molecule has 3 atom stereocenters. The lowest BCUT2D eigenvalue weighted by Gasteiger charge is -2.53. The maximum Gasteiger partial charge on any atom is 0.145 e. The second-order valence-electron chi connectivity index (χ2n) is 6.83. The molecule has 0 aliphatic heterocycles. The third kappa shape index (κ3) is 1.48. The lowest BCUT2D eigenvalue weighted by atomic mass is 9.51. The lowest BCUT2D eigenvalue weighted by molar-refractivity contribution is 0.0203. The Kier molecular flexibility index (Phi) is 2.22. The molecule has 1 saturated carbocycles. The van der Waals surface area contributed by atoms with E-state index < -0.39 is 0 Å². The molecule has 0 saturated heterocycles. The number of aromatic nitrogens is 1. The summed E-state index contributed by atoms with van der Waals surface area (Å²) >= 11 is 0. The van der Waals surface area contributed by atoms with E-state index in [0.29, 0.717) is 17.4 Å². The fourth-order valence-electron chi connectivity index (χ4n) is 4.51. The molecule has 0 aromatic carbocycles. The standard InChI is InChI=1S/C14H22N2O/c1-13(2)11-5-4-10(15)7-14(11,3)6-9-8-16-17-12(9)13/h8,10-11H,4-7,15H2,1-3H3/t10?,11-,14+/m0/s1. The topological polar surface area (TPSA) is 52.0 Å². The highest BCUT2D eigenvalue weighted by Crippen LogP contribution is 2.56. The van der Waals surface area contributed by atoms with Crippen molar-refractivity contribution in [2.24, 2.45) is 17.1 Å². The first-order chi connectivity index (χ1) is 7.93. The van der Waals surface area contributed by atoms with Crippen LogP contribution in [0, 0.1) is 11.3 Å². The van der Waals surface area contributed by atoms with Gasteiger partial charge in [0.2, 0.25) is 0 Å². The second-order valence-corrected chi connectivity index (χ2v) is 6.83. The van der Waals surface area contributed by atoms with Crippen molar-refractivity contribution in [1.82, 2.24) is 5.16 Å². The summed E-state index contributed by atoms with van der Waals surface area (Å²) in [4.78, 5) is 0. The number of nitrogens with zero attached hydrogens (tertiary/aromatic N) is 1. The van der Waals surface area contributed by atoms with Crippen LogP contribution in [-0.2, 0) is 11.8 Å². The molecule has 94 valence electrons. The van der Waals surface area contributed by atoms with Gasteiger partial charge in [-0.3, -0.25) is 0 Å². The van der Waals surface area contributed by atoms with Crippen molar-refractivity contribution in [2.45, 2.75) is 57.9 Å². The van der Waals surface area contributed by atoms with Gasteiger partial charge >= 0.3 is 0 Å². The summed E-state index contributed by atoms with van der Waals surface area (Å²) in [6.45, 7) is 7.00. The third-order valence-corrected chi connectivity index (χ3v) is 5.09. The summed E-state index contributed by atoms with van der Waals surface area (Å²) in [5, 5.41) is 4.00. The molecule has 3 nitrogen and oxygen atoms in total. The van der Waals surface area contributed by atoms with Gasteiger partial charge in [0.25, 0.3) is 0 Å². The summed E-state index contributed by atoms with van der Waals surface area (Å²) in [7, 11) is 0. The highest BCUT2D eigenvalue weighted by atomic mass is 16.5. The van der Waals surface area contributed by atoms with Crippen molar-refractivity contribution in [2.75, 3.05) is 0 Å². The minimum atomic E-state index is 0.0962. The summed E-state index contributed by atoms with van der Waals surface area (Å²) in [5.74, 6) is 1.77. The Morgan fingerprint density at radius 1 is 1.35 bits per heavy atom. The van der Waals surface area contributed by atoms with E-state index in [0.717, 1.165) is 25.0 Å². The van der Waals surface area contributed by atoms with Gasteiger partial charge in [-0.05, 0) is 37.0 Å². The van der Waals surface area contributed by atoms with Crippen molar-refractivity contribution in [3.05, 3.63) is 17.5 Å². The summed E-state index contributed by atoms with van der Waals surface area (Å²) in [6, 6.07) is 0.369. The van der Waals surface area contributed by atoms with Crippen LogP contribution >= 0.6 is 0 Å². The molecule has 3 heteroatoms. The molecule has 17 heavy (non-hydrogen) atoms. The Balaban J connectivity index is 2.08. The van der Waals surface area contributed by atoms with Gasteiger partial charge in [0.1, 0.15) is 5.76 Å². The van der Waals surface area contributed by atoms with E-state index in [4.69, 9.17) is 10.3 Å². The number of hydrogen-bond acceptors (Lipinski definition) is 3. The molecule has 0 bridgehead atoms. The molecule has 1 heterocycles. The largest absolute Gasteiger partial charge is 0.361 e. The van der Waals surface area contributed by atoms with Gasteiger partial charge < -0.3 is 10.3 Å². The van der Waals surface area contributed by atoms with Gasteiger partial charge in [-0.2, -0.15) is 0 Å². The molecule has 1 aromatic heterocycles. The Morgan fingerprint density at radius 3 is 2.88 bits per heavy atom. The molecule has 2 aliphatic rings. The van der Waals surface area contributed by atoms with E-state index in [1.54, 1.807) is 0 Å². The summed E-state index contributed by atoms with van der Waals surface area (Å²) < 4.78 is 5.51.